The first-order valence-corrected chi connectivity index (χ1v) is 8.82. The summed E-state index contributed by atoms with van der Waals surface area (Å²) < 4.78 is 12.2. The zero-order chi connectivity index (χ0) is 18.7. The summed E-state index contributed by atoms with van der Waals surface area (Å²) in [6, 6.07) is 8.32. The van der Waals surface area contributed by atoms with Crippen LogP contribution < -0.4 is 4.74 Å². The third kappa shape index (κ3) is 3.52. The van der Waals surface area contributed by atoms with Crippen molar-refractivity contribution in [2.45, 2.75) is 13.8 Å². The maximum absolute atomic E-state index is 12.6. The van der Waals surface area contributed by atoms with Crippen molar-refractivity contribution in [3.05, 3.63) is 64.4 Å². The van der Waals surface area contributed by atoms with Crippen molar-refractivity contribution in [3.8, 4) is 10.9 Å². The monoisotopic (exact) mass is 370 g/mol. The molecule has 0 saturated heterocycles. The number of esters is 1. The molecule has 0 bridgehead atoms. The van der Waals surface area contributed by atoms with Crippen LogP contribution >= 0.6 is 11.3 Å². The molecule has 134 valence electrons. The van der Waals surface area contributed by atoms with Gasteiger partial charge in [-0.3, -0.25) is 9.36 Å². The van der Waals surface area contributed by atoms with Gasteiger partial charge in [0, 0.05) is 28.5 Å². The lowest BCUT2D eigenvalue weighted by Gasteiger charge is -2.07. The molecular formula is C19H18N2O4S. The van der Waals surface area contributed by atoms with Crippen LogP contribution in [0.5, 0.6) is 5.75 Å². The minimum atomic E-state index is -0.415. The van der Waals surface area contributed by atoms with Gasteiger partial charge >= 0.3 is 5.97 Å². The van der Waals surface area contributed by atoms with Crippen LogP contribution in [-0.2, 0) is 4.74 Å². The van der Waals surface area contributed by atoms with Crippen LogP contribution in [0.2, 0.25) is 0 Å². The van der Waals surface area contributed by atoms with Gasteiger partial charge in [-0.05, 0) is 44.2 Å². The molecule has 2 aromatic heterocycles. The molecule has 2 heterocycles. The molecule has 3 rings (SSSR count). The summed E-state index contributed by atoms with van der Waals surface area (Å²) in [5, 5.41) is 2.73. The molecule has 0 spiro atoms. The zero-order valence-corrected chi connectivity index (χ0v) is 15.5. The molecule has 26 heavy (non-hydrogen) atoms. The molecule has 1 aromatic carbocycles. The lowest BCUT2D eigenvalue weighted by Crippen LogP contribution is -2.13. The highest BCUT2D eigenvalue weighted by Crippen LogP contribution is 2.23. The SMILES string of the molecule is COC(=O)c1ccc(OCC(=O)c2cc(C)n(-c3nccs3)c2C)cc1. The fourth-order valence-corrected chi connectivity index (χ4v) is 3.45. The van der Waals surface area contributed by atoms with Gasteiger partial charge in [-0.15, -0.1) is 11.3 Å². The van der Waals surface area contributed by atoms with Crippen molar-refractivity contribution in [2.24, 2.45) is 0 Å². The van der Waals surface area contributed by atoms with Gasteiger partial charge in [0.15, 0.2) is 11.7 Å². The van der Waals surface area contributed by atoms with Crippen molar-refractivity contribution < 1.29 is 19.1 Å². The third-order valence-corrected chi connectivity index (χ3v) is 4.74. The summed E-state index contributed by atoms with van der Waals surface area (Å²) in [6.45, 7) is 3.75. The molecule has 3 aromatic rings. The molecule has 0 aliphatic rings. The summed E-state index contributed by atoms with van der Waals surface area (Å²) in [7, 11) is 1.33. The summed E-state index contributed by atoms with van der Waals surface area (Å²) in [6.07, 6.45) is 1.74. The van der Waals surface area contributed by atoms with E-state index < -0.39 is 5.97 Å². The summed E-state index contributed by atoms with van der Waals surface area (Å²) in [4.78, 5) is 28.3. The molecule has 0 radical (unpaired) electrons. The van der Waals surface area contributed by atoms with Gasteiger partial charge in [0.25, 0.3) is 0 Å². The number of hydrogen-bond donors (Lipinski definition) is 0. The highest BCUT2D eigenvalue weighted by molar-refractivity contribution is 7.12. The molecule has 0 atom stereocenters. The minimum Gasteiger partial charge on any atom is -0.485 e. The number of carbonyl (C=O) groups excluding carboxylic acids is 2. The van der Waals surface area contributed by atoms with E-state index in [0.29, 0.717) is 16.9 Å². The van der Waals surface area contributed by atoms with Crippen molar-refractivity contribution in [2.75, 3.05) is 13.7 Å². The minimum absolute atomic E-state index is 0.0836. The molecule has 0 aliphatic heterocycles. The Kier molecular flexibility index (Phi) is 5.18. The van der Waals surface area contributed by atoms with E-state index >= 15 is 0 Å². The van der Waals surface area contributed by atoms with Gasteiger partial charge in [0.1, 0.15) is 5.75 Å². The van der Waals surface area contributed by atoms with E-state index in [0.717, 1.165) is 16.5 Å². The van der Waals surface area contributed by atoms with Crippen LogP contribution in [0.3, 0.4) is 0 Å². The van der Waals surface area contributed by atoms with Crippen LogP contribution in [0.4, 0.5) is 0 Å². The molecule has 6 nitrogen and oxygen atoms in total. The Bertz CT molecular complexity index is 927. The molecule has 0 N–H and O–H groups in total. The Morgan fingerprint density at radius 3 is 2.54 bits per heavy atom. The number of rotatable bonds is 6. The molecule has 7 heteroatoms. The number of Topliss-reactive ketones (excluding diaryl/α,β-unsaturated/α-hetero) is 1. The van der Waals surface area contributed by atoms with Crippen molar-refractivity contribution in [1.29, 1.82) is 0 Å². The van der Waals surface area contributed by atoms with Gasteiger partial charge in [0.2, 0.25) is 5.78 Å². The van der Waals surface area contributed by atoms with Gasteiger partial charge in [-0.25, -0.2) is 9.78 Å². The Labute approximate surface area is 155 Å². The number of hydrogen-bond acceptors (Lipinski definition) is 6. The molecule has 0 fully saturated rings. The Morgan fingerprint density at radius 2 is 1.92 bits per heavy atom. The van der Waals surface area contributed by atoms with Crippen LogP contribution in [-0.4, -0.2) is 35.0 Å². The van der Waals surface area contributed by atoms with Crippen LogP contribution in [0, 0.1) is 13.8 Å². The van der Waals surface area contributed by atoms with Gasteiger partial charge < -0.3 is 9.47 Å². The first kappa shape index (κ1) is 17.9. The summed E-state index contributed by atoms with van der Waals surface area (Å²) in [5.41, 5.74) is 2.83. The first-order chi connectivity index (χ1) is 12.5. The van der Waals surface area contributed by atoms with E-state index in [2.05, 4.69) is 9.72 Å². The number of carbonyl (C=O) groups is 2. The van der Waals surface area contributed by atoms with Gasteiger partial charge in [0.05, 0.1) is 12.7 Å². The normalized spacial score (nSPS) is 10.6. The smallest absolute Gasteiger partial charge is 0.337 e. The van der Waals surface area contributed by atoms with E-state index in [-0.39, 0.29) is 12.4 Å². The van der Waals surface area contributed by atoms with Gasteiger partial charge in [-0.1, -0.05) is 0 Å². The lowest BCUT2D eigenvalue weighted by atomic mass is 10.1. The van der Waals surface area contributed by atoms with Gasteiger partial charge in [-0.2, -0.15) is 0 Å². The number of methoxy groups -OCH3 is 1. The standard InChI is InChI=1S/C19H18N2O4S/c1-12-10-16(13(2)21(12)19-20-8-9-26-19)17(22)11-25-15-6-4-14(5-7-15)18(23)24-3/h4-10H,11H2,1-3H3. The number of ether oxygens (including phenoxy) is 2. The predicted molar refractivity (Wildman–Crippen MR) is 98.5 cm³/mol. The second kappa shape index (κ2) is 7.53. The molecule has 0 saturated carbocycles. The zero-order valence-electron chi connectivity index (χ0n) is 14.7. The number of nitrogens with zero attached hydrogens (tertiary/aromatic N) is 2. The van der Waals surface area contributed by atoms with Crippen molar-refractivity contribution in [1.82, 2.24) is 9.55 Å². The fourth-order valence-electron chi connectivity index (χ4n) is 2.70. The molecular weight excluding hydrogens is 352 g/mol. The maximum atomic E-state index is 12.6. The molecule has 0 amide bonds. The second-order valence-corrected chi connectivity index (χ2v) is 6.54. The summed E-state index contributed by atoms with van der Waals surface area (Å²) >= 11 is 1.52. The second-order valence-electron chi connectivity index (χ2n) is 5.66. The highest BCUT2D eigenvalue weighted by Gasteiger charge is 2.18. The highest BCUT2D eigenvalue weighted by atomic mass is 32.1. The topological polar surface area (TPSA) is 70.4 Å². The van der Waals surface area contributed by atoms with E-state index in [1.807, 2.05) is 29.9 Å². The summed E-state index contributed by atoms with van der Waals surface area (Å²) in [5.74, 6) is -0.0139. The Hall–Kier alpha value is -2.93. The Balaban J connectivity index is 1.71. The Morgan fingerprint density at radius 1 is 1.19 bits per heavy atom. The van der Waals surface area contributed by atoms with E-state index in [1.165, 1.54) is 18.4 Å². The largest absolute Gasteiger partial charge is 0.485 e. The lowest BCUT2D eigenvalue weighted by molar-refractivity contribution is 0.0600. The molecule has 0 aliphatic carbocycles. The molecule has 0 unspecified atom stereocenters. The van der Waals surface area contributed by atoms with Crippen molar-refractivity contribution in [3.63, 3.8) is 0 Å². The number of aromatic nitrogens is 2. The first-order valence-electron chi connectivity index (χ1n) is 7.94. The maximum Gasteiger partial charge on any atom is 0.337 e. The van der Waals surface area contributed by atoms with Crippen LogP contribution in [0.15, 0.2) is 41.9 Å². The van der Waals surface area contributed by atoms with Crippen LogP contribution in [0.25, 0.3) is 5.13 Å². The number of aryl methyl sites for hydroxylation is 1. The third-order valence-electron chi connectivity index (χ3n) is 3.99. The quantitative estimate of drug-likeness (QED) is 0.490. The van der Waals surface area contributed by atoms with E-state index in [1.54, 1.807) is 30.5 Å². The van der Waals surface area contributed by atoms with E-state index in [4.69, 9.17) is 4.74 Å². The number of benzene rings is 1. The number of thiazole rings is 1. The average Bonchev–Trinajstić information content (AvgIpc) is 3.27. The van der Waals surface area contributed by atoms with Crippen LogP contribution in [0.1, 0.15) is 32.1 Å². The number of ketones is 1. The predicted octanol–water partition coefficient (Wildman–Crippen LogP) is 3.60. The van der Waals surface area contributed by atoms with Crippen molar-refractivity contribution >= 4 is 23.1 Å². The average molecular weight is 370 g/mol. The fraction of sp³-hybridized carbons (Fsp3) is 0.211. The van der Waals surface area contributed by atoms with E-state index in [9.17, 15) is 9.59 Å².